The van der Waals surface area contributed by atoms with Crippen LogP contribution in [0.1, 0.15) is 56.3 Å². The summed E-state index contributed by atoms with van der Waals surface area (Å²) in [6.07, 6.45) is 8.53. The first-order valence-corrected chi connectivity index (χ1v) is 7.95. The molecule has 1 fully saturated rings. The molecule has 1 aliphatic rings. The normalized spacial score (nSPS) is 15.7. The summed E-state index contributed by atoms with van der Waals surface area (Å²) in [7, 11) is 0. The minimum atomic E-state index is -0.947. The van der Waals surface area contributed by atoms with Crippen molar-refractivity contribution in [1.29, 1.82) is 5.26 Å². The van der Waals surface area contributed by atoms with Gasteiger partial charge in [-0.15, -0.1) is 0 Å². The second kappa shape index (κ2) is 7.27. The molecule has 0 spiro atoms. The largest absolute Gasteiger partial charge is 0.352 e. The second-order valence-corrected chi connectivity index (χ2v) is 6.52. The quantitative estimate of drug-likeness (QED) is 0.856. The molecule has 1 aromatic rings. The summed E-state index contributed by atoms with van der Waals surface area (Å²) in [4.78, 5) is 24.0. The van der Waals surface area contributed by atoms with E-state index in [1.54, 1.807) is 13.8 Å². The predicted molar refractivity (Wildman–Crippen MR) is 84.4 cm³/mol. The van der Waals surface area contributed by atoms with Crippen molar-refractivity contribution in [3.8, 4) is 6.07 Å². The molecule has 2 rings (SSSR count). The van der Waals surface area contributed by atoms with Gasteiger partial charge in [-0.2, -0.15) is 10.4 Å². The van der Waals surface area contributed by atoms with E-state index >= 15 is 0 Å². The zero-order valence-electron chi connectivity index (χ0n) is 13.6. The Morgan fingerprint density at radius 1 is 1.39 bits per heavy atom. The van der Waals surface area contributed by atoms with E-state index in [1.165, 1.54) is 23.5 Å². The fraction of sp³-hybridized carbons (Fsp3) is 0.625. The third-order valence-corrected chi connectivity index (χ3v) is 3.88. The molecular weight excluding hydrogens is 294 g/mol. The van der Waals surface area contributed by atoms with E-state index in [0.717, 1.165) is 25.7 Å². The van der Waals surface area contributed by atoms with Gasteiger partial charge in [0.05, 0.1) is 17.8 Å². The highest BCUT2D eigenvalue weighted by atomic mass is 16.2. The Kier molecular flexibility index (Phi) is 5.37. The van der Waals surface area contributed by atoms with Crippen LogP contribution in [-0.4, -0.2) is 33.2 Å². The number of hydrogen-bond acceptors (Lipinski definition) is 4. The van der Waals surface area contributed by atoms with Crippen LogP contribution < -0.4 is 10.6 Å². The van der Waals surface area contributed by atoms with E-state index in [4.69, 9.17) is 5.26 Å². The van der Waals surface area contributed by atoms with Gasteiger partial charge >= 0.3 is 0 Å². The summed E-state index contributed by atoms with van der Waals surface area (Å²) in [6.45, 7) is 3.32. The summed E-state index contributed by atoms with van der Waals surface area (Å²) < 4.78 is 1.44. The number of amides is 2. The highest BCUT2D eigenvalue weighted by molar-refractivity contribution is 5.94. The van der Waals surface area contributed by atoms with E-state index in [9.17, 15) is 9.59 Å². The van der Waals surface area contributed by atoms with Crippen molar-refractivity contribution in [1.82, 2.24) is 20.4 Å². The second-order valence-electron chi connectivity index (χ2n) is 6.52. The molecule has 7 nitrogen and oxygen atoms in total. The Bertz CT molecular complexity index is 608. The summed E-state index contributed by atoms with van der Waals surface area (Å²) in [5, 5.41) is 18.6. The maximum Gasteiger partial charge on any atom is 0.255 e. The summed E-state index contributed by atoms with van der Waals surface area (Å²) in [6, 6.07) is 2.26. The highest BCUT2D eigenvalue weighted by Gasteiger charge is 2.21. The van der Waals surface area contributed by atoms with Crippen LogP contribution >= 0.6 is 0 Å². The Morgan fingerprint density at radius 2 is 2.09 bits per heavy atom. The summed E-state index contributed by atoms with van der Waals surface area (Å²) in [5.74, 6) is -0.472. The van der Waals surface area contributed by atoms with Crippen LogP contribution in [0, 0.1) is 11.3 Å². The minimum absolute atomic E-state index is 0.0887. The van der Waals surface area contributed by atoms with Crippen molar-refractivity contribution in [2.75, 3.05) is 0 Å². The van der Waals surface area contributed by atoms with Crippen LogP contribution in [-0.2, 0) is 11.3 Å². The molecule has 0 aromatic carbocycles. The highest BCUT2D eigenvalue weighted by Crippen LogP contribution is 2.17. The molecule has 1 saturated carbocycles. The van der Waals surface area contributed by atoms with Crippen LogP contribution in [0.15, 0.2) is 12.4 Å². The Balaban J connectivity index is 1.87. The third kappa shape index (κ3) is 5.09. The van der Waals surface area contributed by atoms with Gasteiger partial charge in [0, 0.05) is 12.2 Å². The zero-order valence-corrected chi connectivity index (χ0v) is 13.6. The topological polar surface area (TPSA) is 99.8 Å². The molecule has 7 heteroatoms. The van der Waals surface area contributed by atoms with Crippen LogP contribution in [0.25, 0.3) is 0 Å². The van der Waals surface area contributed by atoms with Gasteiger partial charge in [0.15, 0.2) is 0 Å². The smallest absolute Gasteiger partial charge is 0.255 e. The lowest BCUT2D eigenvalue weighted by Gasteiger charge is -2.22. The molecule has 0 unspecified atom stereocenters. The monoisotopic (exact) mass is 317 g/mol. The average molecular weight is 317 g/mol. The van der Waals surface area contributed by atoms with Crippen LogP contribution in [0.5, 0.6) is 0 Å². The van der Waals surface area contributed by atoms with E-state index in [-0.39, 0.29) is 24.4 Å². The Morgan fingerprint density at radius 3 is 2.74 bits per heavy atom. The number of nitrogens with one attached hydrogen (secondary N) is 2. The van der Waals surface area contributed by atoms with Gasteiger partial charge in [0.2, 0.25) is 5.91 Å². The number of aromatic nitrogens is 2. The van der Waals surface area contributed by atoms with E-state index in [2.05, 4.69) is 15.7 Å². The molecule has 0 saturated heterocycles. The third-order valence-electron chi connectivity index (χ3n) is 3.88. The molecule has 0 radical (unpaired) electrons. The maximum atomic E-state index is 12.0. The SMILES string of the molecule is CC(C)(C#N)NC(=O)c1cnn(CC(=O)NC2CCCCC2)c1. The minimum Gasteiger partial charge on any atom is -0.352 e. The average Bonchev–Trinajstić information content (AvgIpc) is 2.96. The van der Waals surface area contributed by atoms with Crippen LogP contribution in [0.3, 0.4) is 0 Å². The van der Waals surface area contributed by atoms with Gasteiger partial charge in [-0.25, -0.2) is 0 Å². The fourth-order valence-electron chi connectivity index (χ4n) is 2.62. The lowest BCUT2D eigenvalue weighted by Crippen LogP contribution is -2.42. The number of rotatable bonds is 5. The molecule has 2 N–H and O–H groups in total. The number of nitriles is 1. The number of carbonyl (C=O) groups excluding carboxylic acids is 2. The molecule has 0 aliphatic heterocycles. The molecule has 1 aromatic heterocycles. The first-order chi connectivity index (χ1) is 10.9. The molecule has 23 heavy (non-hydrogen) atoms. The zero-order chi connectivity index (χ0) is 16.9. The lowest BCUT2D eigenvalue weighted by atomic mass is 9.95. The molecule has 1 heterocycles. The molecule has 0 atom stereocenters. The standard InChI is InChI=1S/C16H23N5O2/c1-16(2,11-17)20-15(23)12-8-18-21(9-12)10-14(22)19-13-6-4-3-5-7-13/h8-9,13H,3-7,10H2,1-2H3,(H,19,22)(H,20,23). The summed E-state index contributed by atoms with van der Waals surface area (Å²) in [5.41, 5.74) is -0.615. The van der Waals surface area contributed by atoms with Crippen LogP contribution in [0.2, 0.25) is 0 Å². The molecule has 2 amide bonds. The van der Waals surface area contributed by atoms with Gasteiger partial charge in [0.1, 0.15) is 12.1 Å². The summed E-state index contributed by atoms with van der Waals surface area (Å²) >= 11 is 0. The van der Waals surface area contributed by atoms with E-state index < -0.39 is 5.54 Å². The molecule has 124 valence electrons. The van der Waals surface area contributed by atoms with Crippen LogP contribution in [0.4, 0.5) is 0 Å². The fourth-order valence-corrected chi connectivity index (χ4v) is 2.62. The maximum absolute atomic E-state index is 12.0. The van der Waals surface area contributed by atoms with Gasteiger partial charge < -0.3 is 10.6 Å². The first kappa shape index (κ1) is 17.0. The Hall–Kier alpha value is -2.36. The Labute approximate surface area is 136 Å². The molecule has 1 aliphatic carbocycles. The number of nitrogens with zero attached hydrogens (tertiary/aromatic N) is 3. The van der Waals surface area contributed by atoms with Gasteiger partial charge in [-0.3, -0.25) is 14.3 Å². The van der Waals surface area contributed by atoms with Crippen molar-refractivity contribution < 1.29 is 9.59 Å². The molecule has 0 bridgehead atoms. The van der Waals surface area contributed by atoms with Crippen molar-refractivity contribution in [3.05, 3.63) is 18.0 Å². The van der Waals surface area contributed by atoms with E-state index in [1.807, 2.05) is 6.07 Å². The van der Waals surface area contributed by atoms with Gasteiger partial charge in [0.25, 0.3) is 5.91 Å². The van der Waals surface area contributed by atoms with Crippen molar-refractivity contribution >= 4 is 11.8 Å². The predicted octanol–water partition coefficient (Wildman–Crippen LogP) is 1.36. The van der Waals surface area contributed by atoms with Crippen molar-refractivity contribution in [3.63, 3.8) is 0 Å². The molecular formula is C16H23N5O2. The number of carbonyl (C=O) groups is 2. The van der Waals surface area contributed by atoms with Gasteiger partial charge in [-0.05, 0) is 26.7 Å². The van der Waals surface area contributed by atoms with Gasteiger partial charge in [-0.1, -0.05) is 19.3 Å². The number of hydrogen-bond donors (Lipinski definition) is 2. The first-order valence-electron chi connectivity index (χ1n) is 7.95. The lowest BCUT2D eigenvalue weighted by molar-refractivity contribution is -0.122. The van der Waals surface area contributed by atoms with Crippen molar-refractivity contribution in [2.24, 2.45) is 0 Å². The van der Waals surface area contributed by atoms with Crippen molar-refractivity contribution in [2.45, 2.75) is 64.1 Å². The van der Waals surface area contributed by atoms with E-state index in [0.29, 0.717) is 5.56 Å².